The van der Waals surface area contributed by atoms with Gasteiger partial charge < -0.3 is 20.5 Å². The van der Waals surface area contributed by atoms with Crippen LogP contribution in [0.2, 0.25) is 0 Å². The van der Waals surface area contributed by atoms with Gasteiger partial charge in [0.2, 0.25) is 0 Å². The Morgan fingerprint density at radius 2 is 1.33 bits per heavy atom. The van der Waals surface area contributed by atoms with Crippen LogP contribution in [0, 0.1) is 0 Å². The van der Waals surface area contributed by atoms with Crippen molar-refractivity contribution in [1.82, 2.24) is 0 Å². The maximum absolute atomic E-state index is 8.33. The topological polar surface area (TPSA) is 93.2 Å². The van der Waals surface area contributed by atoms with Gasteiger partial charge in [0, 0.05) is 0 Å². The first-order valence-electron chi connectivity index (χ1n) is 0.612. The quantitative estimate of drug-likeness (QED) is 0.304. The summed E-state index contributed by atoms with van der Waals surface area (Å²) in [5.41, 5.74) is 0. The Balaban J connectivity index is -0.0000000450. The van der Waals surface area contributed by atoms with Gasteiger partial charge in [-0.05, 0) is 6.16 Å². The van der Waals surface area contributed by atoms with Crippen LogP contribution in [0.25, 0.3) is 0 Å². The minimum Gasteiger partial charge on any atom is -0.870 e. The SMILES string of the molecule is O=C([O-])[O-].[Mg+2].[OH-]. The smallest absolute Gasteiger partial charge is 0.870 e. The van der Waals surface area contributed by atoms with Gasteiger partial charge in [0.1, 0.15) is 0 Å². The van der Waals surface area contributed by atoms with E-state index >= 15 is 0 Å². The summed E-state index contributed by atoms with van der Waals surface area (Å²) in [6.07, 6.45) is -2.33. The number of carbonyl (C=O) groups is 1. The predicted molar refractivity (Wildman–Crippen MR) is 13.1 cm³/mol. The molecule has 1 N–H and O–H groups in total. The van der Waals surface area contributed by atoms with Gasteiger partial charge in [0.15, 0.2) is 0 Å². The second-order valence-electron chi connectivity index (χ2n) is 0.250. The van der Waals surface area contributed by atoms with E-state index in [-0.39, 0.29) is 28.5 Å². The molecule has 0 saturated heterocycles. The molecule has 0 aromatic rings. The van der Waals surface area contributed by atoms with E-state index in [1.54, 1.807) is 0 Å². The second-order valence-corrected chi connectivity index (χ2v) is 0.250. The molecule has 0 rings (SSSR count). The number of rotatable bonds is 0. The summed E-state index contributed by atoms with van der Waals surface area (Å²) < 4.78 is 0. The molecule has 0 bridgehead atoms. The first-order valence-corrected chi connectivity index (χ1v) is 0.612. The first kappa shape index (κ1) is 16.7. The van der Waals surface area contributed by atoms with Crippen molar-refractivity contribution in [2.75, 3.05) is 0 Å². The van der Waals surface area contributed by atoms with E-state index < -0.39 is 6.16 Å². The summed E-state index contributed by atoms with van der Waals surface area (Å²) in [5.74, 6) is 0. The fourth-order valence-corrected chi connectivity index (χ4v) is 0. The molecular weight excluding hydrogens is 100 g/mol. The Bertz CT molecular complexity index is 30.5. The Kier molecular flexibility index (Phi) is 24.7. The van der Waals surface area contributed by atoms with Gasteiger partial charge >= 0.3 is 23.1 Å². The minimum atomic E-state index is -2.33. The van der Waals surface area contributed by atoms with Gasteiger partial charge in [-0.15, -0.1) is 0 Å². The van der Waals surface area contributed by atoms with E-state index in [0.29, 0.717) is 0 Å². The van der Waals surface area contributed by atoms with E-state index in [1.165, 1.54) is 0 Å². The van der Waals surface area contributed by atoms with E-state index in [0.717, 1.165) is 0 Å². The Morgan fingerprint density at radius 1 is 1.33 bits per heavy atom. The Labute approximate surface area is 50.2 Å². The molecule has 0 aliphatic heterocycles. The van der Waals surface area contributed by atoms with Crippen molar-refractivity contribution >= 4 is 29.2 Å². The largest absolute Gasteiger partial charge is 2.00 e. The predicted octanol–water partition coefficient (Wildman–Crippen LogP) is -3.00. The summed E-state index contributed by atoms with van der Waals surface area (Å²) in [7, 11) is 0. The summed E-state index contributed by atoms with van der Waals surface area (Å²) in [6.45, 7) is 0. The molecule has 0 saturated carbocycles. The molecule has 4 nitrogen and oxygen atoms in total. The first-order chi connectivity index (χ1) is 1.73. The van der Waals surface area contributed by atoms with Gasteiger partial charge in [0.25, 0.3) is 0 Å². The van der Waals surface area contributed by atoms with Gasteiger partial charge in [-0.1, -0.05) is 0 Å². The van der Waals surface area contributed by atoms with E-state index in [2.05, 4.69) is 0 Å². The number of carbonyl (C=O) groups excluding carboxylic acids is 1. The van der Waals surface area contributed by atoms with E-state index in [4.69, 9.17) is 15.0 Å². The molecule has 0 spiro atoms. The number of carboxylic acid groups (broad SMARTS) is 2. The maximum atomic E-state index is 8.33. The third-order valence-corrected chi connectivity index (χ3v) is 0. The van der Waals surface area contributed by atoms with Gasteiger partial charge in [-0.2, -0.15) is 0 Å². The molecule has 0 heterocycles. The molecule has 0 aliphatic carbocycles. The molecule has 5 heteroatoms. The van der Waals surface area contributed by atoms with Crippen molar-refractivity contribution in [3.8, 4) is 0 Å². The van der Waals surface area contributed by atoms with Crippen LogP contribution in [0.3, 0.4) is 0 Å². The van der Waals surface area contributed by atoms with Gasteiger partial charge in [-0.25, -0.2) is 0 Å². The zero-order valence-electron chi connectivity index (χ0n) is 2.88. The number of hydrogen-bond acceptors (Lipinski definition) is 4. The van der Waals surface area contributed by atoms with Gasteiger partial charge in [0.05, 0.1) is 0 Å². The Morgan fingerprint density at radius 3 is 1.33 bits per heavy atom. The molecule has 0 aromatic heterocycles. The van der Waals surface area contributed by atoms with Crippen LogP contribution in [0.1, 0.15) is 0 Å². The van der Waals surface area contributed by atoms with Crippen LogP contribution in [0.4, 0.5) is 4.79 Å². The van der Waals surface area contributed by atoms with Crippen molar-refractivity contribution in [3.05, 3.63) is 0 Å². The molecule has 6 heavy (non-hydrogen) atoms. The Hall–Kier alpha value is -0.00377. The minimum absolute atomic E-state index is 0. The molecule has 0 radical (unpaired) electrons. The van der Waals surface area contributed by atoms with Crippen LogP contribution < -0.4 is 10.2 Å². The summed E-state index contributed by atoms with van der Waals surface area (Å²) in [4.78, 5) is 8.33. The average Bonchev–Trinajstić information content (AvgIpc) is 0.811. The fraction of sp³-hybridized carbons (Fsp3) is 0. The fourth-order valence-electron chi connectivity index (χ4n) is 0. The van der Waals surface area contributed by atoms with Crippen molar-refractivity contribution in [3.63, 3.8) is 0 Å². The molecule has 0 amide bonds. The summed E-state index contributed by atoms with van der Waals surface area (Å²) >= 11 is 0. The molecule has 0 aliphatic rings. The molecule has 0 aromatic carbocycles. The molecule has 0 fully saturated rings. The van der Waals surface area contributed by atoms with Crippen molar-refractivity contribution in [2.24, 2.45) is 0 Å². The van der Waals surface area contributed by atoms with Crippen LogP contribution in [0.5, 0.6) is 0 Å². The summed E-state index contributed by atoms with van der Waals surface area (Å²) in [6, 6.07) is 0. The van der Waals surface area contributed by atoms with Crippen LogP contribution in [-0.2, 0) is 0 Å². The van der Waals surface area contributed by atoms with Crippen molar-refractivity contribution in [2.45, 2.75) is 0 Å². The van der Waals surface area contributed by atoms with Crippen molar-refractivity contribution in [1.29, 1.82) is 0 Å². The molecule has 32 valence electrons. The molecule has 0 unspecified atom stereocenters. The zero-order chi connectivity index (χ0) is 3.58. The standard InChI is InChI=1S/CH2O3.Mg.H2O/c2-1(3)4;;/h(H2,2,3,4);;1H2/q;+2;/p-3. The third kappa shape index (κ3) is 2530000. The second kappa shape index (κ2) is 8.89. The van der Waals surface area contributed by atoms with Crippen LogP contribution >= 0.6 is 0 Å². The molecular formula is CHMgO4-. The van der Waals surface area contributed by atoms with Crippen LogP contribution in [-0.4, -0.2) is 34.7 Å². The maximum Gasteiger partial charge on any atom is 2.00 e. The third-order valence-electron chi connectivity index (χ3n) is 0. The average molecular weight is 101 g/mol. The van der Waals surface area contributed by atoms with Crippen molar-refractivity contribution < 1.29 is 20.5 Å². The van der Waals surface area contributed by atoms with Gasteiger partial charge in [-0.3, -0.25) is 0 Å². The summed E-state index contributed by atoms with van der Waals surface area (Å²) in [5, 5.41) is 16.7. The van der Waals surface area contributed by atoms with E-state index in [9.17, 15) is 0 Å². The monoisotopic (exact) mass is 101 g/mol. The number of hydrogen-bond donors (Lipinski definition) is 0. The normalized spacial score (nSPS) is 4.00. The zero-order valence-corrected chi connectivity index (χ0v) is 4.29. The molecule has 0 atom stereocenters. The van der Waals surface area contributed by atoms with Crippen LogP contribution in [0.15, 0.2) is 0 Å². The van der Waals surface area contributed by atoms with E-state index in [1.807, 2.05) is 0 Å².